The van der Waals surface area contributed by atoms with Crippen molar-refractivity contribution in [1.82, 2.24) is 0 Å². The molecule has 0 heterocycles. The van der Waals surface area contributed by atoms with Gasteiger partial charge in [-0.1, -0.05) is 18.1 Å². The molecule has 2 N–H and O–H groups in total. The molecule has 1 aromatic carbocycles. The third-order valence-electron chi connectivity index (χ3n) is 1.60. The molecular formula is C10H12ClN. The summed E-state index contributed by atoms with van der Waals surface area (Å²) in [5, 5.41) is 0. The Morgan fingerprint density at radius 2 is 1.83 bits per heavy atom. The van der Waals surface area contributed by atoms with Crippen LogP contribution in [0.3, 0.4) is 0 Å². The normalized spacial score (nSPS) is 11.1. The molecule has 0 radical (unpaired) electrons. The highest BCUT2D eigenvalue weighted by Crippen LogP contribution is 2.09. The second-order valence-corrected chi connectivity index (χ2v) is 2.56. The number of hydrogen-bond acceptors (Lipinski definition) is 1. The molecular weight excluding hydrogens is 170 g/mol. The van der Waals surface area contributed by atoms with Crippen molar-refractivity contribution in [3.8, 4) is 12.3 Å². The second-order valence-electron chi connectivity index (χ2n) is 2.56. The van der Waals surface area contributed by atoms with Crippen molar-refractivity contribution >= 4 is 12.4 Å². The first kappa shape index (κ1) is 11.0. The number of nitrogens with two attached hydrogens (primary N) is 1. The summed E-state index contributed by atoms with van der Waals surface area (Å²) in [6, 6.07) is 7.80. The summed E-state index contributed by atoms with van der Waals surface area (Å²) in [5.74, 6) is 2.55. The molecule has 0 aromatic heterocycles. The van der Waals surface area contributed by atoms with Crippen LogP contribution < -0.4 is 5.73 Å². The van der Waals surface area contributed by atoms with Crippen molar-refractivity contribution in [2.24, 2.45) is 5.73 Å². The molecule has 2 heteroatoms. The summed E-state index contributed by atoms with van der Waals surface area (Å²) in [7, 11) is 0. The van der Waals surface area contributed by atoms with Gasteiger partial charge in [-0.3, -0.25) is 0 Å². The quantitative estimate of drug-likeness (QED) is 0.660. The van der Waals surface area contributed by atoms with Crippen LogP contribution in [0, 0.1) is 12.3 Å². The van der Waals surface area contributed by atoms with Crippen LogP contribution in [-0.4, -0.2) is 0 Å². The van der Waals surface area contributed by atoms with E-state index in [-0.39, 0.29) is 18.4 Å². The molecule has 64 valence electrons. The Morgan fingerprint density at radius 3 is 2.17 bits per heavy atom. The predicted octanol–water partition coefficient (Wildman–Crippen LogP) is 2.11. The largest absolute Gasteiger partial charge is 0.324 e. The first-order chi connectivity index (χ1) is 5.24. The summed E-state index contributed by atoms with van der Waals surface area (Å²) in [4.78, 5) is 0. The lowest BCUT2D eigenvalue weighted by Gasteiger charge is -2.03. The smallest absolute Gasteiger partial charge is 0.0266 e. The maximum Gasteiger partial charge on any atom is 0.0266 e. The lowest BCUT2D eigenvalue weighted by Crippen LogP contribution is -2.04. The SMILES string of the molecule is C#Cc1ccc([C@H](C)N)cc1.Cl. The monoisotopic (exact) mass is 181 g/mol. The molecule has 0 aliphatic carbocycles. The fourth-order valence-electron chi connectivity index (χ4n) is 0.883. The first-order valence-corrected chi connectivity index (χ1v) is 3.56. The van der Waals surface area contributed by atoms with Gasteiger partial charge in [-0.25, -0.2) is 0 Å². The van der Waals surface area contributed by atoms with E-state index >= 15 is 0 Å². The van der Waals surface area contributed by atoms with Crippen LogP contribution in [0.2, 0.25) is 0 Å². The molecule has 1 atom stereocenters. The van der Waals surface area contributed by atoms with Crippen LogP contribution in [0.1, 0.15) is 24.1 Å². The maximum absolute atomic E-state index is 5.65. The van der Waals surface area contributed by atoms with Gasteiger partial charge in [-0.2, -0.15) is 0 Å². The molecule has 1 nitrogen and oxygen atoms in total. The van der Waals surface area contributed by atoms with Crippen LogP contribution in [0.15, 0.2) is 24.3 Å². The van der Waals surface area contributed by atoms with Gasteiger partial charge < -0.3 is 5.73 Å². The van der Waals surface area contributed by atoms with E-state index in [1.54, 1.807) is 0 Å². The molecule has 0 aliphatic rings. The molecule has 0 saturated heterocycles. The van der Waals surface area contributed by atoms with E-state index < -0.39 is 0 Å². The van der Waals surface area contributed by atoms with Crippen LogP contribution in [0.25, 0.3) is 0 Å². The third kappa shape index (κ3) is 2.58. The fourth-order valence-corrected chi connectivity index (χ4v) is 0.883. The van der Waals surface area contributed by atoms with Crippen LogP contribution >= 0.6 is 12.4 Å². The van der Waals surface area contributed by atoms with E-state index in [1.807, 2.05) is 31.2 Å². The minimum absolute atomic E-state index is 0. The molecule has 0 unspecified atom stereocenters. The Kier molecular flexibility index (Phi) is 4.43. The first-order valence-electron chi connectivity index (χ1n) is 3.56. The van der Waals surface area contributed by atoms with Crippen LogP contribution in [0.4, 0.5) is 0 Å². The number of benzene rings is 1. The van der Waals surface area contributed by atoms with Gasteiger partial charge in [0.1, 0.15) is 0 Å². The van der Waals surface area contributed by atoms with E-state index in [0.717, 1.165) is 11.1 Å². The maximum atomic E-state index is 5.65. The van der Waals surface area contributed by atoms with E-state index in [0.29, 0.717) is 0 Å². The standard InChI is InChI=1S/C10H11N.ClH/c1-3-9-4-6-10(7-5-9)8(2)11;/h1,4-8H,11H2,2H3;1H/t8-;/m0./s1. The molecule has 0 spiro atoms. The van der Waals surface area contributed by atoms with Crippen molar-refractivity contribution in [2.75, 3.05) is 0 Å². The van der Waals surface area contributed by atoms with Crippen molar-refractivity contribution in [1.29, 1.82) is 0 Å². The fraction of sp³-hybridized carbons (Fsp3) is 0.200. The summed E-state index contributed by atoms with van der Waals surface area (Å²) in [5.41, 5.74) is 7.67. The number of hydrogen-bond donors (Lipinski definition) is 1. The van der Waals surface area contributed by atoms with Crippen molar-refractivity contribution in [3.05, 3.63) is 35.4 Å². The number of halogens is 1. The Bertz CT molecular complexity index is 269. The zero-order valence-electron chi connectivity index (χ0n) is 6.95. The van der Waals surface area contributed by atoms with E-state index in [4.69, 9.17) is 12.2 Å². The van der Waals surface area contributed by atoms with Crippen molar-refractivity contribution in [2.45, 2.75) is 13.0 Å². The zero-order valence-corrected chi connectivity index (χ0v) is 7.77. The van der Waals surface area contributed by atoms with E-state index in [9.17, 15) is 0 Å². The van der Waals surface area contributed by atoms with Gasteiger partial charge in [0.05, 0.1) is 0 Å². The van der Waals surface area contributed by atoms with E-state index in [2.05, 4.69) is 5.92 Å². The molecule has 12 heavy (non-hydrogen) atoms. The number of terminal acetylenes is 1. The molecule has 0 amide bonds. The third-order valence-corrected chi connectivity index (χ3v) is 1.60. The lowest BCUT2D eigenvalue weighted by atomic mass is 10.1. The lowest BCUT2D eigenvalue weighted by molar-refractivity contribution is 0.818. The summed E-state index contributed by atoms with van der Waals surface area (Å²) in [6.07, 6.45) is 5.19. The molecule has 1 rings (SSSR count). The van der Waals surface area contributed by atoms with Gasteiger partial charge in [0.25, 0.3) is 0 Å². The highest BCUT2D eigenvalue weighted by atomic mass is 35.5. The molecule has 0 fully saturated rings. The minimum atomic E-state index is 0. The van der Waals surface area contributed by atoms with Gasteiger partial charge >= 0.3 is 0 Å². The summed E-state index contributed by atoms with van der Waals surface area (Å²) >= 11 is 0. The van der Waals surface area contributed by atoms with Crippen LogP contribution in [-0.2, 0) is 0 Å². The predicted molar refractivity (Wildman–Crippen MR) is 54.2 cm³/mol. The van der Waals surface area contributed by atoms with Crippen molar-refractivity contribution < 1.29 is 0 Å². The minimum Gasteiger partial charge on any atom is -0.324 e. The van der Waals surface area contributed by atoms with Gasteiger partial charge in [-0.05, 0) is 24.6 Å². The highest BCUT2D eigenvalue weighted by Gasteiger charge is 1.96. The highest BCUT2D eigenvalue weighted by molar-refractivity contribution is 5.85. The summed E-state index contributed by atoms with van der Waals surface area (Å²) in [6.45, 7) is 1.95. The Balaban J connectivity index is 0.00000121. The van der Waals surface area contributed by atoms with E-state index in [1.165, 1.54) is 0 Å². The average molecular weight is 182 g/mol. The van der Waals surface area contributed by atoms with Gasteiger partial charge in [0.15, 0.2) is 0 Å². The Morgan fingerprint density at radius 1 is 1.33 bits per heavy atom. The van der Waals surface area contributed by atoms with Crippen molar-refractivity contribution in [3.63, 3.8) is 0 Å². The van der Waals surface area contributed by atoms with Gasteiger partial charge in [0, 0.05) is 11.6 Å². The molecule has 0 saturated carbocycles. The summed E-state index contributed by atoms with van der Waals surface area (Å²) < 4.78 is 0. The average Bonchev–Trinajstić information content (AvgIpc) is 2.05. The second kappa shape index (κ2) is 4.82. The van der Waals surface area contributed by atoms with Crippen LogP contribution in [0.5, 0.6) is 0 Å². The Hall–Kier alpha value is -0.970. The molecule has 0 aliphatic heterocycles. The molecule has 0 bridgehead atoms. The van der Waals surface area contributed by atoms with Gasteiger partial charge in [-0.15, -0.1) is 18.8 Å². The Labute approximate surface area is 79.4 Å². The number of rotatable bonds is 1. The molecule has 1 aromatic rings. The zero-order chi connectivity index (χ0) is 8.27. The van der Waals surface area contributed by atoms with Gasteiger partial charge in [0.2, 0.25) is 0 Å². The topological polar surface area (TPSA) is 26.0 Å².